The third-order valence-corrected chi connectivity index (χ3v) is 3.31. The number of hydrogen-bond donors (Lipinski definition) is 1. The fourth-order valence-electron chi connectivity index (χ4n) is 2.06. The van der Waals surface area contributed by atoms with Crippen molar-refractivity contribution in [3.63, 3.8) is 0 Å². The smallest absolute Gasteiger partial charge is 0.409 e. The Morgan fingerprint density at radius 3 is 2.75 bits per heavy atom. The number of hydrogen-bond acceptors (Lipinski definition) is 3. The van der Waals surface area contributed by atoms with Crippen LogP contribution < -0.4 is 5.32 Å². The second-order valence-electron chi connectivity index (χ2n) is 4.94. The van der Waals surface area contributed by atoms with E-state index in [0.29, 0.717) is 32.7 Å². The number of cyclic esters (lactones) is 1. The summed E-state index contributed by atoms with van der Waals surface area (Å²) in [4.78, 5) is 24.5. The molecule has 0 spiro atoms. The van der Waals surface area contributed by atoms with Gasteiger partial charge in [0.25, 0.3) is 0 Å². The van der Waals surface area contributed by atoms with Crippen LogP contribution in [0.4, 0.5) is 4.79 Å². The Kier molecular flexibility index (Phi) is 4.98. The normalized spacial score (nSPS) is 14.2. The van der Waals surface area contributed by atoms with Gasteiger partial charge in [-0.1, -0.05) is 29.8 Å². The molecule has 1 heterocycles. The first kappa shape index (κ1) is 14.4. The zero-order valence-corrected chi connectivity index (χ0v) is 11.7. The highest BCUT2D eigenvalue weighted by atomic mass is 16.6. The lowest BCUT2D eigenvalue weighted by atomic mass is 10.1. The number of aryl methyl sites for hydroxylation is 2. The molecule has 108 valence electrons. The zero-order chi connectivity index (χ0) is 14.4. The fraction of sp³-hybridized carbons (Fsp3) is 0.467. The first-order valence-corrected chi connectivity index (χ1v) is 6.89. The van der Waals surface area contributed by atoms with Crippen molar-refractivity contribution in [3.8, 4) is 0 Å². The topological polar surface area (TPSA) is 58.6 Å². The Hall–Kier alpha value is -2.04. The number of ether oxygens (including phenoxy) is 1. The molecule has 2 amide bonds. The molecule has 0 bridgehead atoms. The molecule has 1 saturated heterocycles. The van der Waals surface area contributed by atoms with Crippen LogP contribution in [0.1, 0.15) is 17.5 Å². The van der Waals surface area contributed by atoms with Gasteiger partial charge in [-0.3, -0.25) is 4.79 Å². The van der Waals surface area contributed by atoms with E-state index in [4.69, 9.17) is 4.74 Å². The highest BCUT2D eigenvalue weighted by molar-refractivity contribution is 5.76. The summed E-state index contributed by atoms with van der Waals surface area (Å²) in [5, 5.41) is 2.82. The quantitative estimate of drug-likeness (QED) is 0.856. The maximum Gasteiger partial charge on any atom is 0.409 e. The van der Waals surface area contributed by atoms with Gasteiger partial charge in [-0.15, -0.1) is 0 Å². The number of nitrogens with zero attached hydrogens (tertiary/aromatic N) is 1. The van der Waals surface area contributed by atoms with E-state index >= 15 is 0 Å². The molecule has 2 rings (SSSR count). The van der Waals surface area contributed by atoms with Gasteiger partial charge in [0.05, 0.1) is 6.54 Å². The number of carbonyl (C=O) groups excluding carboxylic acids is 2. The number of amides is 2. The molecular weight excluding hydrogens is 256 g/mol. The summed E-state index contributed by atoms with van der Waals surface area (Å²) in [6.45, 7) is 4.08. The molecule has 0 aliphatic carbocycles. The number of carbonyl (C=O) groups is 2. The molecule has 1 aliphatic rings. The van der Waals surface area contributed by atoms with Crippen molar-refractivity contribution in [3.05, 3.63) is 35.4 Å². The fourth-order valence-corrected chi connectivity index (χ4v) is 2.06. The number of benzene rings is 1. The van der Waals surface area contributed by atoms with Crippen LogP contribution >= 0.6 is 0 Å². The van der Waals surface area contributed by atoms with Gasteiger partial charge in [-0.25, -0.2) is 4.79 Å². The average molecular weight is 276 g/mol. The molecule has 0 atom stereocenters. The first-order chi connectivity index (χ1) is 9.65. The van der Waals surface area contributed by atoms with Gasteiger partial charge in [-0.2, -0.15) is 0 Å². The average Bonchev–Trinajstić information content (AvgIpc) is 2.84. The summed E-state index contributed by atoms with van der Waals surface area (Å²) < 4.78 is 4.81. The van der Waals surface area contributed by atoms with Gasteiger partial charge in [-0.05, 0) is 18.9 Å². The zero-order valence-electron chi connectivity index (χ0n) is 11.7. The highest BCUT2D eigenvalue weighted by Crippen LogP contribution is 2.05. The lowest BCUT2D eigenvalue weighted by Gasteiger charge is -2.12. The molecule has 1 aliphatic heterocycles. The van der Waals surface area contributed by atoms with E-state index in [9.17, 15) is 9.59 Å². The van der Waals surface area contributed by atoms with Crippen LogP contribution in [0.2, 0.25) is 0 Å². The van der Waals surface area contributed by atoms with Crippen LogP contribution in [0.15, 0.2) is 24.3 Å². The Balaban J connectivity index is 1.63. The second kappa shape index (κ2) is 6.93. The summed E-state index contributed by atoms with van der Waals surface area (Å²) in [5.41, 5.74) is 2.38. The van der Waals surface area contributed by atoms with Crippen molar-refractivity contribution in [1.82, 2.24) is 10.2 Å². The van der Waals surface area contributed by atoms with E-state index in [2.05, 4.69) is 5.32 Å². The summed E-state index contributed by atoms with van der Waals surface area (Å²) in [6, 6.07) is 8.18. The molecular formula is C15H20N2O3. The molecule has 0 unspecified atom stereocenters. The van der Waals surface area contributed by atoms with Crippen LogP contribution in [0, 0.1) is 6.92 Å². The summed E-state index contributed by atoms with van der Waals surface area (Å²) in [6.07, 6.45) is 0.907. The molecule has 1 aromatic rings. The van der Waals surface area contributed by atoms with E-state index in [-0.39, 0.29) is 12.0 Å². The number of rotatable bonds is 6. The van der Waals surface area contributed by atoms with Gasteiger partial charge in [0, 0.05) is 19.5 Å². The molecule has 5 heteroatoms. The summed E-state index contributed by atoms with van der Waals surface area (Å²) >= 11 is 0. The minimum atomic E-state index is -0.293. The van der Waals surface area contributed by atoms with Crippen molar-refractivity contribution >= 4 is 12.0 Å². The molecule has 0 saturated carbocycles. The SMILES string of the molecule is Cc1ccc(CCC(=O)NCCN2CCOC2=O)cc1. The van der Waals surface area contributed by atoms with E-state index in [1.807, 2.05) is 31.2 Å². The van der Waals surface area contributed by atoms with Gasteiger partial charge in [0.2, 0.25) is 5.91 Å². The lowest BCUT2D eigenvalue weighted by Crippen LogP contribution is -2.35. The van der Waals surface area contributed by atoms with Crippen LogP contribution in [0.5, 0.6) is 0 Å². The lowest BCUT2D eigenvalue weighted by molar-refractivity contribution is -0.121. The van der Waals surface area contributed by atoms with Gasteiger partial charge in [0.15, 0.2) is 0 Å². The van der Waals surface area contributed by atoms with Crippen molar-refractivity contribution < 1.29 is 14.3 Å². The van der Waals surface area contributed by atoms with Gasteiger partial charge in [0.1, 0.15) is 6.61 Å². The van der Waals surface area contributed by atoms with Gasteiger partial charge >= 0.3 is 6.09 Å². The molecule has 0 radical (unpaired) electrons. The Labute approximate surface area is 118 Å². The van der Waals surface area contributed by atoms with Gasteiger partial charge < -0.3 is 15.0 Å². The van der Waals surface area contributed by atoms with E-state index in [1.54, 1.807) is 4.90 Å². The van der Waals surface area contributed by atoms with E-state index in [0.717, 1.165) is 12.0 Å². The van der Waals surface area contributed by atoms with Crippen LogP contribution in [0.3, 0.4) is 0 Å². The third kappa shape index (κ3) is 4.26. The minimum absolute atomic E-state index is 0.0122. The highest BCUT2D eigenvalue weighted by Gasteiger charge is 2.20. The van der Waals surface area contributed by atoms with Crippen LogP contribution in [0.25, 0.3) is 0 Å². The molecule has 0 aromatic heterocycles. The Morgan fingerprint density at radius 1 is 1.35 bits per heavy atom. The van der Waals surface area contributed by atoms with Crippen LogP contribution in [-0.4, -0.2) is 43.1 Å². The van der Waals surface area contributed by atoms with E-state index in [1.165, 1.54) is 5.56 Å². The molecule has 5 nitrogen and oxygen atoms in total. The second-order valence-corrected chi connectivity index (χ2v) is 4.94. The molecule has 1 aromatic carbocycles. The predicted molar refractivity (Wildman–Crippen MR) is 75.4 cm³/mol. The molecule has 20 heavy (non-hydrogen) atoms. The largest absolute Gasteiger partial charge is 0.448 e. The Morgan fingerprint density at radius 2 is 2.10 bits per heavy atom. The van der Waals surface area contributed by atoms with Crippen molar-refractivity contribution in [1.29, 1.82) is 0 Å². The predicted octanol–water partition coefficient (Wildman–Crippen LogP) is 1.50. The number of nitrogens with one attached hydrogen (secondary N) is 1. The first-order valence-electron chi connectivity index (χ1n) is 6.89. The van der Waals surface area contributed by atoms with Crippen molar-refractivity contribution in [2.45, 2.75) is 19.8 Å². The Bertz CT molecular complexity index is 471. The standard InChI is InChI=1S/C15H20N2O3/c1-12-2-4-13(5-3-12)6-7-14(18)16-8-9-17-10-11-20-15(17)19/h2-5H,6-11H2,1H3,(H,16,18). The monoisotopic (exact) mass is 276 g/mol. The third-order valence-electron chi connectivity index (χ3n) is 3.31. The van der Waals surface area contributed by atoms with Crippen molar-refractivity contribution in [2.24, 2.45) is 0 Å². The maximum atomic E-state index is 11.7. The maximum absolute atomic E-state index is 11.7. The molecule has 1 N–H and O–H groups in total. The molecule has 1 fully saturated rings. The van der Waals surface area contributed by atoms with Crippen molar-refractivity contribution in [2.75, 3.05) is 26.2 Å². The van der Waals surface area contributed by atoms with Crippen LogP contribution in [-0.2, 0) is 16.0 Å². The minimum Gasteiger partial charge on any atom is -0.448 e. The summed E-state index contributed by atoms with van der Waals surface area (Å²) in [7, 11) is 0. The van der Waals surface area contributed by atoms with E-state index < -0.39 is 0 Å². The summed E-state index contributed by atoms with van der Waals surface area (Å²) in [5.74, 6) is 0.0122.